The summed E-state index contributed by atoms with van der Waals surface area (Å²) >= 11 is 0. The molecule has 1 saturated heterocycles. The Bertz CT molecular complexity index is 1000. The summed E-state index contributed by atoms with van der Waals surface area (Å²) < 4.78 is 0. The highest BCUT2D eigenvalue weighted by Gasteiger charge is 2.24. The van der Waals surface area contributed by atoms with Crippen LogP contribution in [0, 0.1) is 0 Å². The number of carbonyl (C=O) groups excluding carboxylic acids is 2. The normalized spacial score (nSPS) is 18.1. The van der Waals surface area contributed by atoms with Crippen molar-refractivity contribution in [2.24, 2.45) is 4.99 Å². The highest BCUT2D eigenvalue weighted by Crippen LogP contribution is 2.34. The van der Waals surface area contributed by atoms with Crippen molar-refractivity contribution in [3.05, 3.63) is 59.2 Å². The third-order valence-electron chi connectivity index (χ3n) is 5.59. The molecule has 2 aromatic carbocycles. The Labute approximate surface area is 170 Å². The van der Waals surface area contributed by atoms with Gasteiger partial charge in [-0.25, -0.2) is 0 Å². The number of rotatable bonds is 4. The molecule has 2 aliphatic rings. The molecule has 1 N–H and O–H groups in total. The van der Waals surface area contributed by atoms with Gasteiger partial charge >= 0.3 is 0 Å². The summed E-state index contributed by atoms with van der Waals surface area (Å²) in [6.07, 6.45) is 2.84. The summed E-state index contributed by atoms with van der Waals surface area (Å²) in [4.78, 5) is 31.7. The average Bonchev–Trinajstić information content (AvgIpc) is 3.08. The zero-order valence-corrected chi connectivity index (χ0v) is 16.7. The lowest BCUT2D eigenvalue weighted by Gasteiger charge is -2.34. The molecule has 6 heteroatoms. The minimum absolute atomic E-state index is 0.0858. The zero-order chi connectivity index (χ0) is 20.4. The van der Waals surface area contributed by atoms with Crippen molar-refractivity contribution in [2.75, 3.05) is 43.4 Å². The quantitative estimate of drug-likeness (QED) is 0.498. The van der Waals surface area contributed by atoms with Crippen molar-refractivity contribution in [1.29, 1.82) is 0 Å². The molecule has 0 unspecified atom stereocenters. The van der Waals surface area contributed by atoms with E-state index >= 15 is 0 Å². The Kier molecular flexibility index (Phi) is 5.16. The maximum absolute atomic E-state index is 12.5. The third kappa shape index (κ3) is 3.78. The predicted octanol–water partition coefficient (Wildman–Crippen LogP) is 2.90. The fourth-order valence-corrected chi connectivity index (χ4v) is 3.72. The van der Waals surface area contributed by atoms with Gasteiger partial charge in [0.1, 0.15) is 0 Å². The molecule has 2 aromatic rings. The van der Waals surface area contributed by atoms with Crippen LogP contribution in [0.4, 0.5) is 11.4 Å². The molecule has 0 saturated carbocycles. The number of hydrogen-bond acceptors (Lipinski definition) is 4. The molecule has 4 rings (SSSR count). The van der Waals surface area contributed by atoms with Gasteiger partial charge in [-0.1, -0.05) is 18.2 Å². The molecule has 2 heterocycles. The third-order valence-corrected chi connectivity index (χ3v) is 5.59. The van der Waals surface area contributed by atoms with Gasteiger partial charge in [0.2, 0.25) is 6.41 Å². The first-order valence-corrected chi connectivity index (χ1v) is 9.74. The predicted molar refractivity (Wildman–Crippen MR) is 117 cm³/mol. The number of fused-ring (bicyclic) bond motifs is 1. The van der Waals surface area contributed by atoms with Crippen molar-refractivity contribution in [3.8, 4) is 0 Å². The maximum atomic E-state index is 12.5. The summed E-state index contributed by atoms with van der Waals surface area (Å²) in [6, 6.07) is 14.1. The van der Waals surface area contributed by atoms with E-state index in [0.717, 1.165) is 66.4 Å². The molecular weight excluding hydrogens is 364 g/mol. The van der Waals surface area contributed by atoms with E-state index < -0.39 is 0 Å². The first-order chi connectivity index (χ1) is 14.1. The number of hydrogen-bond donors (Lipinski definition) is 1. The van der Waals surface area contributed by atoms with Crippen LogP contribution in [0.5, 0.6) is 0 Å². The van der Waals surface area contributed by atoms with Crippen LogP contribution in [0.3, 0.4) is 0 Å². The first kappa shape index (κ1) is 18.9. The second kappa shape index (κ2) is 7.91. The van der Waals surface area contributed by atoms with Gasteiger partial charge in [0.25, 0.3) is 5.91 Å². The summed E-state index contributed by atoms with van der Waals surface area (Å²) in [5, 5.41) is 2.94. The van der Waals surface area contributed by atoms with Crippen LogP contribution >= 0.6 is 0 Å². The van der Waals surface area contributed by atoms with Crippen molar-refractivity contribution in [3.63, 3.8) is 0 Å². The molecule has 0 atom stereocenters. The van der Waals surface area contributed by atoms with Gasteiger partial charge < -0.3 is 15.1 Å². The molecule has 148 valence electrons. The Morgan fingerprint density at radius 1 is 1.07 bits per heavy atom. The minimum Gasteiger partial charge on any atom is -0.368 e. The lowest BCUT2D eigenvalue weighted by molar-refractivity contribution is -0.118. The lowest BCUT2D eigenvalue weighted by Crippen LogP contribution is -2.45. The monoisotopic (exact) mass is 388 g/mol. The molecule has 0 aromatic heterocycles. The van der Waals surface area contributed by atoms with Gasteiger partial charge in [-0.2, -0.15) is 0 Å². The minimum atomic E-state index is -0.0858. The van der Waals surface area contributed by atoms with Crippen molar-refractivity contribution >= 4 is 41.1 Å². The molecule has 6 nitrogen and oxygen atoms in total. The molecule has 29 heavy (non-hydrogen) atoms. The Balaban J connectivity index is 1.57. The smallest absolute Gasteiger partial charge is 0.256 e. The summed E-state index contributed by atoms with van der Waals surface area (Å²) in [6.45, 7) is 5.11. The highest BCUT2D eigenvalue weighted by atomic mass is 16.2. The van der Waals surface area contributed by atoms with E-state index in [1.54, 1.807) is 11.9 Å². The fourth-order valence-electron chi connectivity index (χ4n) is 3.72. The van der Waals surface area contributed by atoms with Crippen LogP contribution in [-0.4, -0.2) is 56.2 Å². The number of nitrogens with zero attached hydrogens (tertiary/aromatic N) is 3. The van der Waals surface area contributed by atoms with Crippen LogP contribution in [0.15, 0.2) is 47.5 Å². The largest absolute Gasteiger partial charge is 0.368 e. The summed E-state index contributed by atoms with van der Waals surface area (Å²) in [5.41, 5.74) is 6.46. The first-order valence-electron chi connectivity index (χ1n) is 9.74. The van der Waals surface area contributed by atoms with Crippen molar-refractivity contribution in [1.82, 2.24) is 4.90 Å². The Hall–Kier alpha value is -3.41. The number of aliphatic imine (C=N–C) groups is 1. The van der Waals surface area contributed by atoms with E-state index in [-0.39, 0.29) is 5.91 Å². The molecular formula is C23H24N4O2. The fraction of sp³-hybridized carbons (Fsp3) is 0.261. The number of benzene rings is 2. The SMILES string of the molecule is CN=C(C)c1ccc2c(c1)/C(=C/c1ccc(N3CCN(C=O)CC3)cc1)C(=O)N2. The molecule has 2 amide bonds. The van der Waals surface area contributed by atoms with Crippen LogP contribution in [0.25, 0.3) is 11.6 Å². The standard InChI is InChI=1S/C23H24N4O2/c1-16(24-2)18-5-8-22-20(14-18)21(23(29)25-22)13-17-3-6-19(7-4-17)27-11-9-26(15-28)10-12-27/h3-8,13-15H,9-12H2,1-2H3,(H,25,29)/b21-13-,24-16?. The van der Waals surface area contributed by atoms with Gasteiger partial charge in [0, 0.05) is 61.4 Å². The van der Waals surface area contributed by atoms with E-state index in [1.807, 2.05) is 43.3 Å². The van der Waals surface area contributed by atoms with Gasteiger partial charge in [0.15, 0.2) is 0 Å². The summed E-state index contributed by atoms with van der Waals surface area (Å²) in [7, 11) is 1.77. The Morgan fingerprint density at radius 3 is 2.45 bits per heavy atom. The van der Waals surface area contributed by atoms with Crippen LogP contribution in [-0.2, 0) is 9.59 Å². The lowest BCUT2D eigenvalue weighted by atomic mass is 10.00. The van der Waals surface area contributed by atoms with E-state index in [0.29, 0.717) is 5.57 Å². The molecule has 2 aliphatic heterocycles. The molecule has 0 bridgehead atoms. The van der Waals surface area contributed by atoms with Gasteiger partial charge in [-0.3, -0.25) is 14.6 Å². The van der Waals surface area contributed by atoms with E-state index in [1.165, 1.54) is 0 Å². The Morgan fingerprint density at radius 2 is 1.79 bits per heavy atom. The van der Waals surface area contributed by atoms with Gasteiger partial charge in [-0.05, 0) is 48.4 Å². The van der Waals surface area contributed by atoms with Gasteiger partial charge in [-0.15, -0.1) is 0 Å². The second-order valence-electron chi connectivity index (χ2n) is 7.30. The molecule has 0 aliphatic carbocycles. The molecule has 0 spiro atoms. The molecule has 0 radical (unpaired) electrons. The highest BCUT2D eigenvalue weighted by molar-refractivity contribution is 6.35. The van der Waals surface area contributed by atoms with E-state index in [4.69, 9.17) is 0 Å². The average molecular weight is 388 g/mol. The van der Waals surface area contributed by atoms with Crippen LogP contribution in [0.2, 0.25) is 0 Å². The maximum Gasteiger partial charge on any atom is 0.256 e. The second-order valence-corrected chi connectivity index (χ2v) is 7.30. The number of piperazine rings is 1. The number of carbonyl (C=O) groups is 2. The van der Waals surface area contributed by atoms with E-state index in [9.17, 15) is 9.59 Å². The number of amides is 2. The topological polar surface area (TPSA) is 65.0 Å². The van der Waals surface area contributed by atoms with Crippen molar-refractivity contribution in [2.45, 2.75) is 6.92 Å². The van der Waals surface area contributed by atoms with E-state index in [2.05, 4.69) is 27.3 Å². The zero-order valence-electron chi connectivity index (χ0n) is 16.7. The van der Waals surface area contributed by atoms with Crippen LogP contribution in [0.1, 0.15) is 23.6 Å². The van der Waals surface area contributed by atoms with Gasteiger partial charge in [0.05, 0.1) is 0 Å². The number of anilines is 2. The van der Waals surface area contributed by atoms with Crippen molar-refractivity contribution < 1.29 is 9.59 Å². The molecule has 1 fully saturated rings. The summed E-state index contributed by atoms with van der Waals surface area (Å²) in [5.74, 6) is -0.0858. The van der Waals surface area contributed by atoms with Crippen LogP contribution < -0.4 is 10.2 Å². The number of nitrogens with one attached hydrogen (secondary N) is 1.